The Hall–Kier alpha value is -0.120. The van der Waals surface area contributed by atoms with Crippen LogP contribution in [0.1, 0.15) is 33.1 Å². The van der Waals surface area contributed by atoms with Crippen LogP contribution in [0.3, 0.4) is 0 Å². The average Bonchev–Trinajstić information content (AvgIpc) is 2.19. The van der Waals surface area contributed by atoms with Crippen LogP contribution >= 0.6 is 0 Å². The van der Waals surface area contributed by atoms with E-state index in [2.05, 4.69) is 13.8 Å². The molecule has 84 valence electrons. The van der Waals surface area contributed by atoms with Crippen molar-refractivity contribution >= 4 is 0 Å². The molecule has 4 N–H and O–H groups in total. The van der Waals surface area contributed by atoms with E-state index in [0.717, 1.165) is 32.5 Å². The predicted octanol–water partition coefficient (Wildman–Crippen LogP) is 1.12. The van der Waals surface area contributed by atoms with E-state index >= 15 is 0 Å². The highest BCUT2D eigenvalue weighted by Gasteiger charge is 2.26. The summed E-state index contributed by atoms with van der Waals surface area (Å²) in [7, 11) is 0. The lowest BCUT2D eigenvalue weighted by atomic mass is 9.79. The fraction of sp³-hybridized carbons (Fsp3) is 1.00. The first-order valence-electron chi connectivity index (χ1n) is 5.58. The maximum Gasteiger partial charge on any atom is 0.0469 e. The molecule has 3 heteroatoms. The molecule has 0 aromatic heterocycles. The number of ether oxygens (including phenoxy) is 1. The lowest BCUT2D eigenvalue weighted by Gasteiger charge is -2.33. The summed E-state index contributed by atoms with van der Waals surface area (Å²) < 4.78 is 5.33. The van der Waals surface area contributed by atoms with Crippen molar-refractivity contribution in [3.05, 3.63) is 0 Å². The maximum atomic E-state index is 6.20. The zero-order valence-corrected chi connectivity index (χ0v) is 9.46. The van der Waals surface area contributed by atoms with Crippen molar-refractivity contribution in [3.63, 3.8) is 0 Å². The van der Waals surface area contributed by atoms with Gasteiger partial charge in [0.15, 0.2) is 0 Å². The molecule has 1 unspecified atom stereocenters. The van der Waals surface area contributed by atoms with E-state index in [1.165, 1.54) is 0 Å². The van der Waals surface area contributed by atoms with Gasteiger partial charge in [-0.15, -0.1) is 0 Å². The molecule has 1 aliphatic heterocycles. The first-order chi connectivity index (χ1) is 6.55. The lowest BCUT2D eigenvalue weighted by molar-refractivity contribution is 0.0530. The van der Waals surface area contributed by atoms with Gasteiger partial charge in [-0.3, -0.25) is 0 Å². The van der Waals surface area contributed by atoms with Crippen LogP contribution in [-0.2, 0) is 4.74 Å². The Bertz CT molecular complexity index is 165. The Morgan fingerprint density at radius 2 is 1.93 bits per heavy atom. The molecule has 1 saturated heterocycles. The Balaban J connectivity index is 2.36. The SMILES string of the molecule is CC(C)(CN)CC(N)C1CCOCC1. The van der Waals surface area contributed by atoms with E-state index in [4.69, 9.17) is 16.2 Å². The molecular weight excluding hydrogens is 176 g/mol. The van der Waals surface area contributed by atoms with Crippen molar-refractivity contribution in [1.82, 2.24) is 0 Å². The van der Waals surface area contributed by atoms with E-state index in [1.807, 2.05) is 0 Å². The van der Waals surface area contributed by atoms with Crippen molar-refractivity contribution in [2.45, 2.75) is 39.2 Å². The summed E-state index contributed by atoms with van der Waals surface area (Å²) in [5, 5.41) is 0. The molecular formula is C11H24N2O. The first kappa shape index (κ1) is 12.0. The molecule has 0 radical (unpaired) electrons. The zero-order chi connectivity index (χ0) is 10.6. The van der Waals surface area contributed by atoms with E-state index in [-0.39, 0.29) is 11.5 Å². The Morgan fingerprint density at radius 1 is 1.36 bits per heavy atom. The summed E-state index contributed by atoms with van der Waals surface area (Å²) in [5.41, 5.74) is 12.1. The third-order valence-electron chi connectivity index (χ3n) is 3.21. The zero-order valence-electron chi connectivity index (χ0n) is 9.46. The fourth-order valence-corrected chi connectivity index (χ4v) is 2.03. The summed E-state index contributed by atoms with van der Waals surface area (Å²) in [6.07, 6.45) is 3.25. The summed E-state index contributed by atoms with van der Waals surface area (Å²) in [6.45, 7) is 6.84. The standard InChI is InChI=1S/C11H24N2O/c1-11(2,8-12)7-10(13)9-3-5-14-6-4-9/h9-10H,3-8,12-13H2,1-2H3. The molecule has 0 aromatic rings. The molecule has 0 aliphatic carbocycles. The van der Waals surface area contributed by atoms with Crippen LogP contribution in [0, 0.1) is 11.3 Å². The molecule has 1 atom stereocenters. The normalized spacial score (nSPS) is 22.3. The van der Waals surface area contributed by atoms with Gasteiger partial charge < -0.3 is 16.2 Å². The van der Waals surface area contributed by atoms with Gasteiger partial charge in [-0.25, -0.2) is 0 Å². The molecule has 1 aliphatic rings. The number of rotatable bonds is 4. The molecule has 0 saturated carbocycles. The lowest BCUT2D eigenvalue weighted by Crippen LogP contribution is -2.40. The van der Waals surface area contributed by atoms with Crippen molar-refractivity contribution in [1.29, 1.82) is 0 Å². The summed E-state index contributed by atoms with van der Waals surface area (Å²) in [4.78, 5) is 0. The smallest absolute Gasteiger partial charge is 0.0469 e. The van der Waals surface area contributed by atoms with Gasteiger partial charge in [0.05, 0.1) is 0 Å². The molecule has 14 heavy (non-hydrogen) atoms. The van der Waals surface area contributed by atoms with Gasteiger partial charge in [0.25, 0.3) is 0 Å². The predicted molar refractivity (Wildman–Crippen MR) is 59.0 cm³/mol. The van der Waals surface area contributed by atoms with Gasteiger partial charge in [-0.1, -0.05) is 13.8 Å². The molecule has 1 rings (SSSR count). The molecule has 3 nitrogen and oxygen atoms in total. The average molecular weight is 200 g/mol. The van der Waals surface area contributed by atoms with Crippen molar-refractivity contribution < 1.29 is 4.74 Å². The highest BCUT2D eigenvalue weighted by atomic mass is 16.5. The summed E-state index contributed by atoms with van der Waals surface area (Å²) >= 11 is 0. The molecule has 1 fully saturated rings. The van der Waals surface area contributed by atoms with Crippen molar-refractivity contribution in [3.8, 4) is 0 Å². The number of nitrogens with two attached hydrogens (primary N) is 2. The van der Waals surface area contributed by atoms with E-state index in [9.17, 15) is 0 Å². The van der Waals surface area contributed by atoms with Crippen LogP contribution in [0.15, 0.2) is 0 Å². The monoisotopic (exact) mass is 200 g/mol. The Labute approximate surface area is 87.2 Å². The Kier molecular flexibility index (Phi) is 4.35. The second-order valence-corrected chi connectivity index (χ2v) is 5.19. The van der Waals surface area contributed by atoms with Crippen LogP contribution in [0.25, 0.3) is 0 Å². The van der Waals surface area contributed by atoms with Gasteiger partial charge in [0, 0.05) is 19.3 Å². The van der Waals surface area contributed by atoms with Crippen molar-refractivity contribution in [2.75, 3.05) is 19.8 Å². The third-order valence-corrected chi connectivity index (χ3v) is 3.21. The minimum Gasteiger partial charge on any atom is -0.381 e. The largest absolute Gasteiger partial charge is 0.381 e. The van der Waals surface area contributed by atoms with Gasteiger partial charge in [-0.05, 0) is 37.1 Å². The molecule has 0 aromatic carbocycles. The molecule has 0 amide bonds. The fourth-order valence-electron chi connectivity index (χ4n) is 2.03. The Morgan fingerprint density at radius 3 is 2.43 bits per heavy atom. The third kappa shape index (κ3) is 3.56. The van der Waals surface area contributed by atoms with E-state index < -0.39 is 0 Å². The second-order valence-electron chi connectivity index (χ2n) is 5.19. The number of hydrogen-bond donors (Lipinski definition) is 2. The van der Waals surface area contributed by atoms with Crippen LogP contribution < -0.4 is 11.5 Å². The summed E-state index contributed by atoms with van der Waals surface area (Å²) in [5.74, 6) is 0.634. The van der Waals surface area contributed by atoms with Gasteiger partial charge in [0.1, 0.15) is 0 Å². The van der Waals surface area contributed by atoms with Gasteiger partial charge >= 0.3 is 0 Å². The van der Waals surface area contributed by atoms with Crippen LogP contribution in [0.2, 0.25) is 0 Å². The molecule has 1 heterocycles. The second kappa shape index (κ2) is 5.10. The molecule has 0 bridgehead atoms. The van der Waals surface area contributed by atoms with Crippen LogP contribution in [0.4, 0.5) is 0 Å². The van der Waals surface area contributed by atoms with Gasteiger partial charge in [-0.2, -0.15) is 0 Å². The highest BCUT2D eigenvalue weighted by Crippen LogP contribution is 2.27. The maximum absolute atomic E-state index is 6.20. The minimum absolute atomic E-state index is 0.178. The topological polar surface area (TPSA) is 61.3 Å². The highest BCUT2D eigenvalue weighted by molar-refractivity contribution is 4.82. The number of hydrogen-bond acceptors (Lipinski definition) is 3. The van der Waals surface area contributed by atoms with Crippen molar-refractivity contribution in [2.24, 2.45) is 22.8 Å². The molecule has 0 spiro atoms. The minimum atomic E-state index is 0.178. The van der Waals surface area contributed by atoms with E-state index in [1.54, 1.807) is 0 Å². The van der Waals surface area contributed by atoms with E-state index in [0.29, 0.717) is 12.5 Å². The van der Waals surface area contributed by atoms with Gasteiger partial charge in [0.2, 0.25) is 0 Å². The first-order valence-corrected chi connectivity index (χ1v) is 5.58. The van der Waals surface area contributed by atoms with Crippen LogP contribution in [-0.4, -0.2) is 25.8 Å². The summed E-state index contributed by atoms with van der Waals surface area (Å²) in [6, 6.07) is 0.289. The quantitative estimate of drug-likeness (QED) is 0.715. The van der Waals surface area contributed by atoms with Crippen LogP contribution in [0.5, 0.6) is 0 Å².